The maximum atomic E-state index is 11.5. The maximum absolute atomic E-state index is 11.5. The summed E-state index contributed by atoms with van der Waals surface area (Å²) >= 11 is 0. The van der Waals surface area contributed by atoms with Crippen molar-refractivity contribution in [2.24, 2.45) is 0 Å². The average Bonchev–Trinajstić information content (AvgIpc) is 3.22. The van der Waals surface area contributed by atoms with Gasteiger partial charge in [-0.1, -0.05) is 54.6 Å². The van der Waals surface area contributed by atoms with Gasteiger partial charge < -0.3 is 4.98 Å². The monoisotopic (exact) mass is 415 g/mol. The zero-order chi connectivity index (χ0) is 22.5. The molecule has 0 atom stereocenters. The Hall–Kier alpha value is -4.74. The van der Waals surface area contributed by atoms with E-state index in [-0.39, 0.29) is 0 Å². The Morgan fingerprint density at radius 1 is 0.719 bits per heavy atom. The van der Waals surface area contributed by atoms with Crippen LogP contribution in [-0.4, -0.2) is 16.8 Å². The number of nitriles is 2. The van der Waals surface area contributed by atoms with E-state index in [0.29, 0.717) is 16.8 Å². The first-order valence-corrected chi connectivity index (χ1v) is 10.0. The fraction of sp³-hybridized carbons (Fsp3) is 0.0370. The van der Waals surface area contributed by atoms with Gasteiger partial charge in [-0.05, 0) is 35.9 Å². The van der Waals surface area contributed by atoms with Crippen LogP contribution in [-0.2, 0) is 0 Å². The Labute approximate surface area is 185 Å². The quantitative estimate of drug-likeness (QED) is 0.336. The number of aromatic amines is 1. The molecule has 1 heterocycles. The summed E-state index contributed by atoms with van der Waals surface area (Å²) in [5.74, 6) is 0. The highest BCUT2D eigenvalue weighted by molar-refractivity contribution is 6.07. The largest absolute Gasteiger partial charge is 0.354 e. The number of rotatable bonds is 2. The SMILES string of the molecule is C[N+](=O)c1cc(C#N)ccc1-c1ccccc1.N#Cc1ccc2c(c1)[nH]c1ccccc12. The molecule has 4 aromatic carbocycles. The first-order chi connectivity index (χ1) is 15.6. The van der Waals surface area contributed by atoms with Gasteiger partial charge in [0.25, 0.3) is 5.69 Å². The predicted octanol–water partition coefficient (Wildman–Crippen LogP) is 6.46. The zero-order valence-electron chi connectivity index (χ0n) is 17.4. The van der Waals surface area contributed by atoms with Gasteiger partial charge >= 0.3 is 0 Å². The standard InChI is InChI=1S/C14H11N2O.C13H8N2/c1-16(17)14-9-11(10-15)7-8-13(14)12-5-3-2-4-6-12;14-8-9-5-6-11-10-3-1-2-4-12(10)15-13(11)7-9/h2-9H,1H3;1-7,15H/q+1;. The second-order valence-electron chi connectivity index (χ2n) is 7.25. The number of aromatic nitrogens is 1. The minimum absolute atomic E-state index is 0.488. The zero-order valence-corrected chi connectivity index (χ0v) is 17.4. The van der Waals surface area contributed by atoms with E-state index < -0.39 is 0 Å². The highest BCUT2D eigenvalue weighted by Crippen LogP contribution is 2.30. The van der Waals surface area contributed by atoms with Crippen molar-refractivity contribution in [2.75, 3.05) is 7.05 Å². The highest BCUT2D eigenvalue weighted by atomic mass is 16.3. The van der Waals surface area contributed by atoms with Gasteiger partial charge in [0.15, 0.2) is 7.05 Å². The van der Waals surface area contributed by atoms with Crippen molar-refractivity contribution < 1.29 is 4.76 Å². The fourth-order valence-electron chi connectivity index (χ4n) is 3.65. The van der Waals surface area contributed by atoms with Gasteiger partial charge in [0, 0.05) is 37.5 Å². The Balaban J connectivity index is 0.000000154. The van der Waals surface area contributed by atoms with Crippen LogP contribution in [0.4, 0.5) is 5.69 Å². The second-order valence-corrected chi connectivity index (χ2v) is 7.25. The van der Waals surface area contributed by atoms with Crippen LogP contribution in [0.3, 0.4) is 0 Å². The van der Waals surface area contributed by atoms with Crippen LogP contribution in [0, 0.1) is 27.6 Å². The molecule has 5 heteroatoms. The Morgan fingerprint density at radius 2 is 1.34 bits per heavy atom. The van der Waals surface area contributed by atoms with Gasteiger partial charge in [0.1, 0.15) is 0 Å². The van der Waals surface area contributed by atoms with Gasteiger partial charge in [-0.2, -0.15) is 10.5 Å². The van der Waals surface area contributed by atoms with Crippen LogP contribution in [0.2, 0.25) is 0 Å². The number of fused-ring (bicyclic) bond motifs is 3. The van der Waals surface area contributed by atoms with Crippen LogP contribution < -0.4 is 0 Å². The van der Waals surface area contributed by atoms with E-state index in [1.54, 1.807) is 18.2 Å². The van der Waals surface area contributed by atoms with Crippen LogP contribution in [0.25, 0.3) is 32.9 Å². The lowest BCUT2D eigenvalue weighted by Gasteiger charge is -2.02. The molecule has 1 aromatic heterocycles. The van der Waals surface area contributed by atoms with Gasteiger partial charge in [-0.3, -0.25) is 0 Å². The molecule has 0 aliphatic heterocycles. The van der Waals surface area contributed by atoms with Crippen molar-refractivity contribution >= 4 is 27.5 Å². The molecule has 152 valence electrons. The number of H-pyrrole nitrogens is 1. The molecule has 0 amide bonds. The molecular weight excluding hydrogens is 396 g/mol. The minimum atomic E-state index is 0.488. The molecule has 1 N–H and O–H groups in total. The average molecular weight is 415 g/mol. The number of hydrogen-bond donors (Lipinski definition) is 1. The molecule has 0 bridgehead atoms. The van der Waals surface area contributed by atoms with Crippen molar-refractivity contribution in [1.82, 2.24) is 4.98 Å². The Morgan fingerprint density at radius 3 is 2.06 bits per heavy atom. The number of hydrogen-bond acceptors (Lipinski definition) is 3. The lowest BCUT2D eigenvalue weighted by Crippen LogP contribution is -1.94. The highest BCUT2D eigenvalue weighted by Gasteiger charge is 2.16. The number of para-hydroxylation sites is 1. The summed E-state index contributed by atoms with van der Waals surface area (Å²) in [6.45, 7) is 0. The summed E-state index contributed by atoms with van der Waals surface area (Å²) in [5.41, 5.74) is 5.63. The van der Waals surface area contributed by atoms with Crippen LogP contribution in [0.1, 0.15) is 11.1 Å². The first kappa shape index (κ1) is 20.5. The van der Waals surface area contributed by atoms with E-state index in [0.717, 1.165) is 26.9 Å². The van der Waals surface area contributed by atoms with E-state index in [4.69, 9.17) is 10.5 Å². The van der Waals surface area contributed by atoms with Crippen molar-refractivity contribution in [3.63, 3.8) is 0 Å². The number of nitroso groups, excluding NO2 is 1. The van der Waals surface area contributed by atoms with E-state index in [9.17, 15) is 4.91 Å². The van der Waals surface area contributed by atoms with E-state index >= 15 is 0 Å². The fourth-order valence-corrected chi connectivity index (χ4v) is 3.65. The molecule has 5 rings (SSSR count). The molecule has 0 fully saturated rings. The molecular formula is C27H19N4O+. The van der Waals surface area contributed by atoms with Gasteiger partial charge in [-0.25, -0.2) is 0 Å². The molecule has 0 aliphatic rings. The van der Waals surface area contributed by atoms with Crippen molar-refractivity contribution in [3.8, 4) is 23.3 Å². The topological polar surface area (TPSA) is 83.4 Å². The van der Waals surface area contributed by atoms with Crippen molar-refractivity contribution in [1.29, 1.82) is 10.5 Å². The van der Waals surface area contributed by atoms with E-state index in [1.807, 2.05) is 72.8 Å². The molecule has 32 heavy (non-hydrogen) atoms. The summed E-state index contributed by atoms with van der Waals surface area (Å²) in [7, 11) is 1.43. The molecule has 0 unspecified atom stereocenters. The van der Waals surface area contributed by atoms with E-state index in [1.165, 1.54) is 17.8 Å². The molecule has 5 nitrogen and oxygen atoms in total. The third kappa shape index (κ3) is 4.09. The number of benzene rings is 4. The summed E-state index contributed by atoms with van der Waals surface area (Å²) in [5, 5.41) is 20.0. The molecule has 0 saturated heterocycles. The third-order valence-corrected chi connectivity index (χ3v) is 5.19. The smallest absolute Gasteiger partial charge is 0.264 e. The number of nitrogens with one attached hydrogen (secondary N) is 1. The molecule has 0 aliphatic carbocycles. The van der Waals surface area contributed by atoms with Gasteiger partial charge in [0.05, 0.1) is 28.8 Å². The Kier molecular flexibility index (Phi) is 5.74. The number of nitrogens with zero attached hydrogens (tertiary/aromatic N) is 3. The second kappa shape index (κ2) is 8.95. The van der Waals surface area contributed by atoms with Crippen molar-refractivity contribution in [3.05, 3.63) is 107 Å². The summed E-state index contributed by atoms with van der Waals surface area (Å²) in [6, 6.07) is 32.8. The lowest BCUT2D eigenvalue weighted by atomic mass is 10.0. The van der Waals surface area contributed by atoms with E-state index in [2.05, 4.69) is 17.1 Å². The van der Waals surface area contributed by atoms with Gasteiger partial charge in [-0.15, -0.1) is 0 Å². The lowest BCUT2D eigenvalue weighted by molar-refractivity contribution is -0.427. The normalized spacial score (nSPS) is 10.1. The van der Waals surface area contributed by atoms with Crippen LogP contribution >= 0.6 is 0 Å². The first-order valence-electron chi connectivity index (χ1n) is 10.0. The summed E-state index contributed by atoms with van der Waals surface area (Å²) in [6.07, 6.45) is 0. The van der Waals surface area contributed by atoms with Crippen LogP contribution in [0.5, 0.6) is 0 Å². The Bertz CT molecular complexity index is 1520. The molecule has 0 saturated carbocycles. The predicted molar refractivity (Wildman–Crippen MR) is 126 cm³/mol. The van der Waals surface area contributed by atoms with Crippen molar-refractivity contribution in [2.45, 2.75) is 0 Å². The molecule has 0 radical (unpaired) electrons. The molecule has 0 spiro atoms. The van der Waals surface area contributed by atoms with Gasteiger partial charge in [0.2, 0.25) is 0 Å². The third-order valence-electron chi connectivity index (χ3n) is 5.19. The van der Waals surface area contributed by atoms with Crippen LogP contribution in [0.15, 0.2) is 91.0 Å². The summed E-state index contributed by atoms with van der Waals surface area (Å²) in [4.78, 5) is 14.8. The molecule has 5 aromatic rings. The maximum Gasteiger partial charge on any atom is 0.264 e. The minimum Gasteiger partial charge on any atom is -0.354 e. The summed E-state index contributed by atoms with van der Waals surface area (Å²) < 4.78 is 0.781.